The highest BCUT2D eigenvalue weighted by Crippen LogP contribution is 2.38. The molecule has 2 aliphatic rings. The van der Waals surface area contributed by atoms with E-state index in [9.17, 15) is 18.0 Å². The summed E-state index contributed by atoms with van der Waals surface area (Å²) in [6.45, 7) is 4.15. The topological polar surface area (TPSA) is 44.8 Å². The van der Waals surface area contributed by atoms with Crippen LogP contribution >= 0.6 is 0 Å². The van der Waals surface area contributed by atoms with Gasteiger partial charge >= 0.3 is 12.3 Å². The number of aryl methyl sites for hydroxylation is 1. The largest absolute Gasteiger partial charge is 0.573 e. The molecule has 0 bridgehead atoms. The molecular formula is C24H33F3O4. The third kappa shape index (κ3) is 6.78. The molecule has 0 amide bonds. The van der Waals surface area contributed by atoms with Gasteiger partial charge in [-0.25, -0.2) is 4.79 Å². The molecule has 7 heteroatoms. The quantitative estimate of drug-likeness (QED) is 0.322. The Labute approximate surface area is 182 Å². The standard InChI is InChI=1S/C24H33F3O4/c1-3-5-6-7-16-8-11-19(12-9-16)30-23(28)20-14-17-10-13-18(4-2)29-21(17)15-22(20)31-24(25,26)27/h14-16,18-19H,3-13H2,1-2H3. The summed E-state index contributed by atoms with van der Waals surface area (Å²) in [5.74, 6) is -0.310. The Morgan fingerprint density at radius 2 is 1.84 bits per heavy atom. The van der Waals surface area contributed by atoms with Crippen molar-refractivity contribution in [2.45, 2.75) is 103 Å². The first-order valence-electron chi connectivity index (χ1n) is 11.6. The maximum Gasteiger partial charge on any atom is 0.573 e. The molecule has 0 N–H and O–H groups in total. The number of ether oxygens (including phenoxy) is 3. The molecule has 1 unspecified atom stereocenters. The second-order valence-corrected chi connectivity index (χ2v) is 8.73. The minimum Gasteiger partial charge on any atom is -0.490 e. The van der Waals surface area contributed by atoms with Crippen molar-refractivity contribution >= 4 is 5.97 Å². The summed E-state index contributed by atoms with van der Waals surface area (Å²) in [6.07, 6.45) is 5.30. The first-order chi connectivity index (χ1) is 14.8. The van der Waals surface area contributed by atoms with Crippen LogP contribution in [0.15, 0.2) is 12.1 Å². The van der Waals surface area contributed by atoms with Crippen molar-refractivity contribution < 1.29 is 32.2 Å². The molecule has 4 nitrogen and oxygen atoms in total. The van der Waals surface area contributed by atoms with Crippen molar-refractivity contribution in [3.63, 3.8) is 0 Å². The van der Waals surface area contributed by atoms with Crippen LogP contribution in [0, 0.1) is 5.92 Å². The van der Waals surface area contributed by atoms with Crippen LogP contribution in [0.1, 0.15) is 94.0 Å². The summed E-state index contributed by atoms with van der Waals surface area (Å²) >= 11 is 0. The number of unbranched alkanes of at least 4 members (excludes halogenated alkanes) is 2. The fraction of sp³-hybridized carbons (Fsp3) is 0.708. The molecule has 1 saturated carbocycles. The maximum absolute atomic E-state index is 13.0. The number of halogens is 3. The van der Waals surface area contributed by atoms with Gasteiger partial charge in [-0.1, -0.05) is 39.5 Å². The molecule has 1 aromatic carbocycles. The first kappa shape index (κ1) is 23.7. The van der Waals surface area contributed by atoms with Crippen LogP contribution in [-0.4, -0.2) is 24.5 Å². The molecular weight excluding hydrogens is 409 g/mol. The van der Waals surface area contributed by atoms with E-state index in [0.717, 1.165) is 38.5 Å². The Morgan fingerprint density at radius 3 is 2.48 bits per heavy atom. The van der Waals surface area contributed by atoms with Gasteiger partial charge in [0.2, 0.25) is 0 Å². The lowest BCUT2D eigenvalue weighted by Gasteiger charge is -2.29. The van der Waals surface area contributed by atoms with Gasteiger partial charge in [-0.3, -0.25) is 0 Å². The molecule has 0 radical (unpaired) electrons. The summed E-state index contributed by atoms with van der Waals surface area (Å²) in [5.41, 5.74) is 0.533. The Kier molecular flexibility index (Phi) is 8.11. The predicted molar refractivity (Wildman–Crippen MR) is 111 cm³/mol. The molecule has 1 atom stereocenters. The monoisotopic (exact) mass is 442 g/mol. The zero-order valence-electron chi connectivity index (χ0n) is 18.4. The van der Waals surface area contributed by atoms with Gasteiger partial charge in [0.25, 0.3) is 0 Å². The lowest BCUT2D eigenvalue weighted by molar-refractivity contribution is -0.274. The van der Waals surface area contributed by atoms with Gasteiger partial charge in [0, 0.05) is 6.07 Å². The summed E-state index contributed by atoms with van der Waals surface area (Å²) in [5, 5.41) is 0. The van der Waals surface area contributed by atoms with Crippen LogP contribution in [0.25, 0.3) is 0 Å². The van der Waals surface area contributed by atoms with E-state index in [1.54, 1.807) is 0 Å². The van der Waals surface area contributed by atoms with Gasteiger partial charge in [-0.15, -0.1) is 13.2 Å². The fourth-order valence-corrected chi connectivity index (χ4v) is 4.56. The van der Waals surface area contributed by atoms with Crippen LogP contribution < -0.4 is 9.47 Å². The highest BCUT2D eigenvalue weighted by molar-refractivity contribution is 5.93. The lowest BCUT2D eigenvalue weighted by atomic mass is 9.84. The zero-order valence-corrected chi connectivity index (χ0v) is 18.4. The van der Waals surface area contributed by atoms with E-state index in [2.05, 4.69) is 11.7 Å². The van der Waals surface area contributed by atoms with E-state index in [-0.39, 0.29) is 17.8 Å². The smallest absolute Gasteiger partial charge is 0.490 e. The highest BCUT2D eigenvalue weighted by Gasteiger charge is 2.35. The van der Waals surface area contributed by atoms with Crippen molar-refractivity contribution in [3.05, 3.63) is 23.3 Å². The molecule has 0 saturated heterocycles. The second kappa shape index (κ2) is 10.6. The van der Waals surface area contributed by atoms with Gasteiger partial charge < -0.3 is 14.2 Å². The summed E-state index contributed by atoms with van der Waals surface area (Å²) in [7, 11) is 0. The number of carbonyl (C=O) groups is 1. The second-order valence-electron chi connectivity index (χ2n) is 8.73. The van der Waals surface area contributed by atoms with Crippen molar-refractivity contribution in [3.8, 4) is 11.5 Å². The SMILES string of the molecule is CCCCCC1CCC(OC(=O)c2cc3c(cc2OC(F)(F)F)OC(CC)CC3)CC1. The Hall–Kier alpha value is -1.92. The van der Waals surface area contributed by atoms with Gasteiger partial charge in [0.1, 0.15) is 23.2 Å². The molecule has 31 heavy (non-hydrogen) atoms. The summed E-state index contributed by atoms with van der Waals surface area (Å²) in [4.78, 5) is 12.8. The van der Waals surface area contributed by atoms with Crippen LogP contribution in [-0.2, 0) is 11.2 Å². The minimum atomic E-state index is -4.90. The number of rotatable bonds is 8. The number of alkyl halides is 3. The van der Waals surface area contributed by atoms with E-state index in [1.807, 2.05) is 6.92 Å². The normalized spacial score (nSPS) is 23.6. The molecule has 0 spiro atoms. The van der Waals surface area contributed by atoms with Gasteiger partial charge in [0.05, 0.1) is 6.10 Å². The van der Waals surface area contributed by atoms with E-state index < -0.39 is 18.1 Å². The first-order valence-corrected chi connectivity index (χ1v) is 11.6. The average molecular weight is 443 g/mol. The Morgan fingerprint density at radius 1 is 1.10 bits per heavy atom. The number of benzene rings is 1. The van der Waals surface area contributed by atoms with Crippen LogP contribution in [0.3, 0.4) is 0 Å². The van der Waals surface area contributed by atoms with E-state index in [4.69, 9.17) is 9.47 Å². The lowest BCUT2D eigenvalue weighted by Crippen LogP contribution is -2.27. The fourth-order valence-electron chi connectivity index (χ4n) is 4.56. The molecule has 1 aromatic rings. The molecule has 1 aliphatic heterocycles. The molecule has 1 fully saturated rings. The van der Waals surface area contributed by atoms with E-state index in [0.29, 0.717) is 23.7 Å². The Balaban J connectivity index is 1.68. The molecule has 1 heterocycles. The van der Waals surface area contributed by atoms with Crippen molar-refractivity contribution in [2.24, 2.45) is 5.92 Å². The molecule has 0 aromatic heterocycles. The van der Waals surface area contributed by atoms with Gasteiger partial charge in [-0.05, 0) is 62.5 Å². The third-order valence-corrected chi connectivity index (χ3v) is 6.38. The summed E-state index contributed by atoms with van der Waals surface area (Å²) < 4.78 is 54.5. The van der Waals surface area contributed by atoms with Crippen molar-refractivity contribution in [2.75, 3.05) is 0 Å². The molecule has 3 rings (SSSR count). The predicted octanol–water partition coefficient (Wildman–Crippen LogP) is 6.98. The van der Waals surface area contributed by atoms with Gasteiger partial charge in [-0.2, -0.15) is 0 Å². The number of fused-ring (bicyclic) bond motifs is 1. The van der Waals surface area contributed by atoms with Crippen LogP contribution in [0.2, 0.25) is 0 Å². The average Bonchev–Trinajstić information content (AvgIpc) is 2.73. The van der Waals surface area contributed by atoms with Gasteiger partial charge in [0.15, 0.2) is 0 Å². The molecule has 174 valence electrons. The van der Waals surface area contributed by atoms with Crippen LogP contribution in [0.5, 0.6) is 11.5 Å². The minimum absolute atomic E-state index is 0.0449. The number of carbonyl (C=O) groups excluding carboxylic acids is 1. The Bertz CT molecular complexity index is 739. The number of esters is 1. The zero-order chi connectivity index (χ0) is 22.4. The third-order valence-electron chi connectivity index (χ3n) is 6.38. The highest BCUT2D eigenvalue weighted by atomic mass is 19.4. The van der Waals surface area contributed by atoms with E-state index in [1.165, 1.54) is 37.8 Å². The van der Waals surface area contributed by atoms with E-state index >= 15 is 0 Å². The maximum atomic E-state index is 13.0. The van der Waals surface area contributed by atoms with Crippen molar-refractivity contribution in [1.82, 2.24) is 0 Å². The number of hydrogen-bond acceptors (Lipinski definition) is 4. The molecule has 1 aliphatic carbocycles. The summed E-state index contributed by atoms with van der Waals surface area (Å²) in [6, 6.07) is 2.63. The number of hydrogen-bond donors (Lipinski definition) is 0. The van der Waals surface area contributed by atoms with Crippen LogP contribution in [0.4, 0.5) is 13.2 Å². The van der Waals surface area contributed by atoms with Crippen molar-refractivity contribution in [1.29, 1.82) is 0 Å².